The molecule has 0 unspecified atom stereocenters. The molecule has 3 amide bonds. The molecule has 0 atom stereocenters. The Morgan fingerprint density at radius 3 is 2.70 bits per heavy atom. The molecular formula is C21H27N5O4. The Hall–Kier alpha value is -3.07. The molecule has 2 N–H and O–H groups in total. The summed E-state index contributed by atoms with van der Waals surface area (Å²) < 4.78 is 12.5. The fourth-order valence-corrected chi connectivity index (χ4v) is 3.86. The second-order valence-corrected chi connectivity index (χ2v) is 7.41. The van der Waals surface area contributed by atoms with Crippen LogP contribution in [0.4, 0.5) is 10.5 Å². The molecule has 1 saturated heterocycles. The van der Waals surface area contributed by atoms with Crippen molar-refractivity contribution in [2.45, 2.75) is 32.4 Å². The average Bonchev–Trinajstić information content (AvgIpc) is 3.43. The van der Waals surface area contributed by atoms with Gasteiger partial charge in [-0.25, -0.2) is 4.79 Å². The van der Waals surface area contributed by atoms with Gasteiger partial charge in [-0.15, -0.1) is 0 Å². The van der Waals surface area contributed by atoms with E-state index in [0.717, 1.165) is 42.9 Å². The smallest absolute Gasteiger partial charge is 0.319 e. The Labute approximate surface area is 175 Å². The number of fused-ring (bicyclic) bond motifs is 1. The Morgan fingerprint density at radius 2 is 1.97 bits per heavy atom. The van der Waals surface area contributed by atoms with E-state index in [4.69, 9.17) is 9.47 Å². The van der Waals surface area contributed by atoms with Gasteiger partial charge in [-0.2, -0.15) is 5.10 Å². The zero-order chi connectivity index (χ0) is 20.9. The molecule has 0 aliphatic carbocycles. The minimum Gasteiger partial charge on any atom is -0.497 e. The first-order valence-electron chi connectivity index (χ1n) is 10.3. The molecule has 30 heavy (non-hydrogen) atoms. The van der Waals surface area contributed by atoms with Crippen molar-refractivity contribution in [3.63, 3.8) is 0 Å². The molecule has 2 aliphatic rings. The number of likely N-dealkylation sites (tertiary alicyclic amines) is 1. The first-order valence-corrected chi connectivity index (χ1v) is 10.3. The monoisotopic (exact) mass is 413 g/mol. The normalized spacial score (nSPS) is 15.6. The molecule has 9 heteroatoms. The number of carbonyl (C=O) groups excluding carboxylic acids is 2. The molecule has 9 nitrogen and oxygen atoms in total. The quantitative estimate of drug-likeness (QED) is 0.755. The predicted molar refractivity (Wildman–Crippen MR) is 111 cm³/mol. The van der Waals surface area contributed by atoms with Gasteiger partial charge in [0.2, 0.25) is 0 Å². The highest BCUT2D eigenvalue weighted by molar-refractivity contribution is 5.94. The molecule has 3 heterocycles. The number of anilines is 1. The number of nitrogens with one attached hydrogen (secondary N) is 2. The van der Waals surface area contributed by atoms with Crippen LogP contribution < -0.4 is 15.4 Å². The van der Waals surface area contributed by atoms with Gasteiger partial charge in [-0.05, 0) is 37.1 Å². The number of amides is 3. The van der Waals surface area contributed by atoms with E-state index in [1.165, 1.54) is 0 Å². The average molecular weight is 413 g/mol. The van der Waals surface area contributed by atoms with Crippen molar-refractivity contribution in [2.75, 3.05) is 38.7 Å². The van der Waals surface area contributed by atoms with Gasteiger partial charge in [0.1, 0.15) is 5.75 Å². The summed E-state index contributed by atoms with van der Waals surface area (Å²) in [5.74, 6) is 0.714. The summed E-state index contributed by atoms with van der Waals surface area (Å²) in [5, 5.41) is 10.2. The van der Waals surface area contributed by atoms with Crippen molar-refractivity contribution in [1.29, 1.82) is 0 Å². The lowest BCUT2D eigenvalue weighted by molar-refractivity contribution is 0.0772. The van der Waals surface area contributed by atoms with Crippen molar-refractivity contribution in [2.24, 2.45) is 0 Å². The minimum atomic E-state index is -0.294. The lowest BCUT2D eigenvalue weighted by Gasteiger charge is -2.17. The summed E-state index contributed by atoms with van der Waals surface area (Å²) in [7, 11) is 1.60. The number of rotatable bonds is 6. The molecule has 2 aliphatic heterocycles. The fourth-order valence-electron chi connectivity index (χ4n) is 3.86. The minimum absolute atomic E-state index is 0.0155. The van der Waals surface area contributed by atoms with E-state index in [0.29, 0.717) is 44.1 Å². The molecule has 1 aromatic carbocycles. The van der Waals surface area contributed by atoms with Gasteiger partial charge in [-0.1, -0.05) is 0 Å². The van der Waals surface area contributed by atoms with E-state index in [1.54, 1.807) is 31.4 Å². The zero-order valence-electron chi connectivity index (χ0n) is 17.1. The lowest BCUT2D eigenvalue weighted by atomic mass is 10.1. The number of hydrogen-bond donors (Lipinski definition) is 2. The van der Waals surface area contributed by atoms with Crippen LogP contribution in [0.25, 0.3) is 0 Å². The standard InChI is InChI=1S/C21H27N5O4/c1-29-16-6-4-15(5-7-16)23-21(28)22-9-12-26-18-8-13-30-14-17(18)19(24-26)20(27)25-10-2-3-11-25/h4-7H,2-3,8-14H2,1H3,(H2,22,23,28). The summed E-state index contributed by atoms with van der Waals surface area (Å²) in [6.07, 6.45) is 2.80. The number of nitrogens with zero attached hydrogens (tertiary/aromatic N) is 3. The number of methoxy groups -OCH3 is 1. The van der Waals surface area contributed by atoms with Gasteiger partial charge in [0.25, 0.3) is 5.91 Å². The van der Waals surface area contributed by atoms with E-state index >= 15 is 0 Å². The van der Waals surface area contributed by atoms with Gasteiger partial charge < -0.3 is 25.0 Å². The van der Waals surface area contributed by atoms with Crippen LogP contribution in [-0.2, 0) is 24.3 Å². The number of aromatic nitrogens is 2. The molecule has 4 rings (SSSR count). The van der Waals surface area contributed by atoms with Crippen LogP contribution in [0.5, 0.6) is 5.75 Å². The molecule has 2 aromatic rings. The summed E-state index contributed by atoms with van der Waals surface area (Å²) >= 11 is 0. The zero-order valence-corrected chi connectivity index (χ0v) is 17.1. The summed E-state index contributed by atoms with van der Waals surface area (Å²) in [4.78, 5) is 26.9. The van der Waals surface area contributed by atoms with Crippen LogP contribution in [0.15, 0.2) is 24.3 Å². The number of urea groups is 1. The van der Waals surface area contributed by atoms with Crippen molar-refractivity contribution < 1.29 is 19.1 Å². The maximum absolute atomic E-state index is 12.9. The Morgan fingerprint density at radius 1 is 1.20 bits per heavy atom. The van der Waals surface area contributed by atoms with Crippen molar-refractivity contribution >= 4 is 17.6 Å². The molecule has 0 bridgehead atoms. The maximum Gasteiger partial charge on any atom is 0.319 e. The van der Waals surface area contributed by atoms with Crippen LogP contribution in [0.1, 0.15) is 34.6 Å². The molecular weight excluding hydrogens is 386 g/mol. The van der Waals surface area contributed by atoms with Gasteiger partial charge in [0.15, 0.2) is 5.69 Å². The topological polar surface area (TPSA) is 97.7 Å². The van der Waals surface area contributed by atoms with Gasteiger partial charge in [0.05, 0.1) is 26.9 Å². The SMILES string of the molecule is COc1ccc(NC(=O)NCCn2nc(C(=O)N3CCCC3)c3c2CCOC3)cc1. The third kappa shape index (κ3) is 4.40. The van der Waals surface area contributed by atoms with Crippen molar-refractivity contribution in [1.82, 2.24) is 20.0 Å². The van der Waals surface area contributed by atoms with Crippen LogP contribution in [0.3, 0.4) is 0 Å². The highest BCUT2D eigenvalue weighted by Crippen LogP contribution is 2.23. The number of benzene rings is 1. The first-order chi connectivity index (χ1) is 14.7. The summed E-state index contributed by atoms with van der Waals surface area (Å²) in [6.45, 7) is 3.49. The summed E-state index contributed by atoms with van der Waals surface area (Å²) in [5.41, 5.74) is 3.09. The number of carbonyl (C=O) groups is 2. The van der Waals surface area contributed by atoms with E-state index < -0.39 is 0 Å². The molecule has 1 aromatic heterocycles. The van der Waals surface area contributed by atoms with Gasteiger partial charge in [0, 0.05) is 43.0 Å². The van der Waals surface area contributed by atoms with E-state index in [1.807, 2.05) is 9.58 Å². The second kappa shape index (κ2) is 9.17. The van der Waals surface area contributed by atoms with Crippen molar-refractivity contribution in [3.05, 3.63) is 41.2 Å². The molecule has 0 spiro atoms. The highest BCUT2D eigenvalue weighted by Gasteiger charge is 2.29. The number of hydrogen-bond acceptors (Lipinski definition) is 5. The van der Waals surface area contributed by atoms with Crippen LogP contribution in [0.2, 0.25) is 0 Å². The van der Waals surface area contributed by atoms with Gasteiger partial charge in [-0.3, -0.25) is 9.48 Å². The van der Waals surface area contributed by atoms with Crippen molar-refractivity contribution in [3.8, 4) is 5.75 Å². The van der Waals surface area contributed by atoms with Gasteiger partial charge >= 0.3 is 6.03 Å². The Bertz CT molecular complexity index is 903. The molecule has 0 radical (unpaired) electrons. The Balaban J connectivity index is 1.37. The first kappa shape index (κ1) is 20.2. The predicted octanol–water partition coefficient (Wildman–Crippen LogP) is 2.02. The highest BCUT2D eigenvalue weighted by atomic mass is 16.5. The molecule has 1 fully saturated rings. The second-order valence-electron chi connectivity index (χ2n) is 7.41. The Kier molecular flexibility index (Phi) is 6.18. The maximum atomic E-state index is 12.9. The number of ether oxygens (including phenoxy) is 2. The fraction of sp³-hybridized carbons (Fsp3) is 0.476. The lowest BCUT2D eigenvalue weighted by Crippen LogP contribution is -2.32. The van der Waals surface area contributed by atoms with E-state index in [2.05, 4.69) is 15.7 Å². The third-order valence-corrected chi connectivity index (χ3v) is 5.45. The van der Waals surface area contributed by atoms with E-state index in [-0.39, 0.29) is 11.9 Å². The van der Waals surface area contributed by atoms with Crippen LogP contribution in [0, 0.1) is 0 Å². The van der Waals surface area contributed by atoms with Crippen LogP contribution in [-0.4, -0.2) is 60.0 Å². The van der Waals surface area contributed by atoms with Crippen LogP contribution >= 0.6 is 0 Å². The largest absolute Gasteiger partial charge is 0.497 e. The molecule has 160 valence electrons. The summed E-state index contributed by atoms with van der Waals surface area (Å²) in [6, 6.07) is 6.83. The third-order valence-electron chi connectivity index (χ3n) is 5.45. The van der Waals surface area contributed by atoms with E-state index in [9.17, 15) is 9.59 Å². The molecule has 0 saturated carbocycles.